The second-order valence-electron chi connectivity index (χ2n) is 6.31. The predicted octanol–water partition coefficient (Wildman–Crippen LogP) is 2.73. The first-order chi connectivity index (χ1) is 10.8. The van der Waals surface area contributed by atoms with E-state index in [2.05, 4.69) is 10.2 Å². The van der Waals surface area contributed by atoms with Gasteiger partial charge in [0, 0.05) is 25.7 Å². The van der Waals surface area contributed by atoms with E-state index < -0.39 is 17.5 Å². The number of hydrogen-bond donors (Lipinski definition) is 1. The number of nitrogens with one attached hydrogen (secondary N) is 1. The van der Waals surface area contributed by atoms with Gasteiger partial charge in [0.15, 0.2) is 17.5 Å². The SMILES string of the molecule is CN(Cc1cc(F)c(F)c(F)c1)C(=O)N[C@H]1CC[C@@H](N(C)C)C1. The van der Waals surface area contributed by atoms with Gasteiger partial charge in [0.05, 0.1) is 0 Å². The zero-order valence-electron chi connectivity index (χ0n) is 13.6. The lowest BCUT2D eigenvalue weighted by molar-refractivity contribution is 0.201. The summed E-state index contributed by atoms with van der Waals surface area (Å²) in [6, 6.07) is 2.05. The lowest BCUT2D eigenvalue weighted by Crippen LogP contribution is -2.42. The minimum Gasteiger partial charge on any atom is -0.335 e. The molecule has 1 aliphatic rings. The molecular weight excluding hydrogens is 307 g/mol. The van der Waals surface area contributed by atoms with Crippen LogP contribution in [0.3, 0.4) is 0 Å². The van der Waals surface area contributed by atoms with Crippen molar-refractivity contribution in [2.75, 3.05) is 21.1 Å². The van der Waals surface area contributed by atoms with Crippen LogP contribution in [0.4, 0.5) is 18.0 Å². The number of halogens is 3. The van der Waals surface area contributed by atoms with Crippen LogP contribution in [-0.2, 0) is 6.54 Å². The van der Waals surface area contributed by atoms with E-state index in [1.54, 1.807) is 0 Å². The molecule has 0 aromatic heterocycles. The van der Waals surface area contributed by atoms with Gasteiger partial charge in [-0.1, -0.05) is 0 Å². The van der Waals surface area contributed by atoms with Crippen LogP contribution in [-0.4, -0.2) is 49.1 Å². The third-order valence-electron chi connectivity index (χ3n) is 4.27. The Bertz CT molecular complexity index is 557. The van der Waals surface area contributed by atoms with E-state index in [0.29, 0.717) is 6.04 Å². The number of rotatable bonds is 4. The van der Waals surface area contributed by atoms with Gasteiger partial charge in [0.2, 0.25) is 0 Å². The van der Waals surface area contributed by atoms with Crippen molar-refractivity contribution in [3.63, 3.8) is 0 Å². The average Bonchev–Trinajstić information content (AvgIpc) is 2.93. The molecule has 0 bridgehead atoms. The van der Waals surface area contributed by atoms with Crippen LogP contribution in [0.1, 0.15) is 24.8 Å². The highest BCUT2D eigenvalue weighted by Gasteiger charge is 2.27. The highest BCUT2D eigenvalue weighted by molar-refractivity contribution is 5.74. The molecule has 128 valence electrons. The number of benzene rings is 1. The summed E-state index contributed by atoms with van der Waals surface area (Å²) in [5.74, 6) is -4.00. The van der Waals surface area contributed by atoms with Gasteiger partial charge in [0.25, 0.3) is 0 Å². The molecule has 0 heterocycles. The summed E-state index contributed by atoms with van der Waals surface area (Å²) in [6.07, 6.45) is 2.81. The Kier molecular flexibility index (Phi) is 5.51. The van der Waals surface area contributed by atoms with Gasteiger partial charge in [-0.05, 0) is 51.1 Å². The fraction of sp³-hybridized carbons (Fsp3) is 0.562. The van der Waals surface area contributed by atoms with Gasteiger partial charge in [-0.15, -0.1) is 0 Å². The largest absolute Gasteiger partial charge is 0.335 e. The minimum absolute atomic E-state index is 0.00375. The second kappa shape index (κ2) is 7.21. The van der Waals surface area contributed by atoms with Crippen molar-refractivity contribution in [1.29, 1.82) is 0 Å². The standard InChI is InChI=1S/C16H22F3N3O/c1-21(2)12-5-4-11(8-12)20-16(23)22(3)9-10-6-13(17)15(19)14(18)7-10/h6-7,11-12H,4-5,8-9H2,1-3H3,(H,20,23)/t11-,12+/m0/s1. The molecule has 4 nitrogen and oxygen atoms in total. The van der Waals surface area contributed by atoms with Crippen molar-refractivity contribution >= 4 is 6.03 Å². The molecule has 2 atom stereocenters. The summed E-state index contributed by atoms with van der Waals surface area (Å²) >= 11 is 0. The minimum atomic E-state index is -1.50. The Morgan fingerprint density at radius 1 is 1.17 bits per heavy atom. The van der Waals surface area contributed by atoms with Gasteiger partial charge >= 0.3 is 6.03 Å². The Hall–Kier alpha value is -1.76. The van der Waals surface area contributed by atoms with E-state index in [9.17, 15) is 18.0 Å². The second-order valence-corrected chi connectivity index (χ2v) is 6.31. The normalized spacial score (nSPS) is 20.8. The van der Waals surface area contributed by atoms with Crippen LogP contribution in [0.15, 0.2) is 12.1 Å². The maximum absolute atomic E-state index is 13.2. The monoisotopic (exact) mass is 329 g/mol. The summed E-state index contributed by atoms with van der Waals surface area (Å²) in [4.78, 5) is 15.6. The molecule has 0 saturated heterocycles. The van der Waals surface area contributed by atoms with Crippen LogP contribution in [0.25, 0.3) is 0 Å². The molecule has 1 fully saturated rings. The first kappa shape index (κ1) is 17.6. The van der Waals surface area contributed by atoms with E-state index in [1.807, 2.05) is 14.1 Å². The van der Waals surface area contributed by atoms with Crippen LogP contribution >= 0.6 is 0 Å². The maximum Gasteiger partial charge on any atom is 0.317 e. The van der Waals surface area contributed by atoms with E-state index in [1.165, 1.54) is 11.9 Å². The molecule has 1 N–H and O–H groups in total. The van der Waals surface area contributed by atoms with Gasteiger partial charge in [-0.3, -0.25) is 0 Å². The fourth-order valence-electron chi connectivity index (χ4n) is 2.89. The Balaban J connectivity index is 1.91. The molecule has 0 unspecified atom stereocenters. The fourth-order valence-corrected chi connectivity index (χ4v) is 2.89. The Morgan fingerprint density at radius 3 is 2.30 bits per heavy atom. The first-order valence-corrected chi connectivity index (χ1v) is 7.59. The molecular formula is C16H22F3N3O. The highest BCUT2D eigenvalue weighted by Crippen LogP contribution is 2.22. The molecule has 7 heteroatoms. The quantitative estimate of drug-likeness (QED) is 0.862. The molecule has 1 aromatic rings. The van der Waals surface area contributed by atoms with Gasteiger partial charge in [0.1, 0.15) is 0 Å². The average molecular weight is 329 g/mol. The van der Waals surface area contributed by atoms with E-state index in [4.69, 9.17) is 0 Å². The van der Waals surface area contributed by atoms with Crippen molar-refractivity contribution in [1.82, 2.24) is 15.1 Å². The van der Waals surface area contributed by atoms with Crippen molar-refractivity contribution < 1.29 is 18.0 Å². The molecule has 2 amide bonds. The number of amides is 2. The van der Waals surface area contributed by atoms with E-state index in [0.717, 1.165) is 31.4 Å². The highest BCUT2D eigenvalue weighted by atomic mass is 19.2. The third kappa shape index (κ3) is 4.37. The van der Waals surface area contributed by atoms with E-state index >= 15 is 0 Å². The number of urea groups is 1. The Morgan fingerprint density at radius 2 is 1.78 bits per heavy atom. The lowest BCUT2D eigenvalue weighted by Gasteiger charge is -2.22. The van der Waals surface area contributed by atoms with Gasteiger partial charge < -0.3 is 15.1 Å². The van der Waals surface area contributed by atoms with Crippen molar-refractivity contribution in [3.05, 3.63) is 35.1 Å². The lowest BCUT2D eigenvalue weighted by atomic mass is 10.2. The summed E-state index contributed by atoms with van der Waals surface area (Å²) in [6.45, 7) is 0.00375. The molecule has 0 aliphatic heterocycles. The van der Waals surface area contributed by atoms with Gasteiger partial charge in [-0.2, -0.15) is 0 Å². The van der Waals surface area contributed by atoms with Gasteiger partial charge in [-0.25, -0.2) is 18.0 Å². The summed E-state index contributed by atoms with van der Waals surface area (Å²) in [7, 11) is 5.56. The van der Waals surface area contributed by atoms with Crippen molar-refractivity contribution in [2.45, 2.75) is 37.9 Å². The topological polar surface area (TPSA) is 35.6 Å². The molecule has 2 rings (SSSR count). The summed E-state index contributed by atoms with van der Waals surface area (Å²) in [5, 5.41) is 2.92. The molecule has 1 saturated carbocycles. The van der Waals surface area contributed by atoms with E-state index in [-0.39, 0.29) is 24.2 Å². The molecule has 0 spiro atoms. The van der Waals surface area contributed by atoms with Crippen LogP contribution < -0.4 is 5.32 Å². The molecule has 23 heavy (non-hydrogen) atoms. The van der Waals surface area contributed by atoms with Crippen molar-refractivity contribution in [2.24, 2.45) is 0 Å². The number of nitrogens with zero attached hydrogens (tertiary/aromatic N) is 2. The number of hydrogen-bond acceptors (Lipinski definition) is 2. The number of carbonyl (C=O) groups excluding carboxylic acids is 1. The van der Waals surface area contributed by atoms with Crippen LogP contribution in [0.5, 0.6) is 0 Å². The van der Waals surface area contributed by atoms with Crippen molar-refractivity contribution in [3.8, 4) is 0 Å². The molecule has 0 radical (unpaired) electrons. The molecule has 1 aliphatic carbocycles. The zero-order chi connectivity index (χ0) is 17.1. The summed E-state index contributed by atoms with van der Waals surface area (Å²) < 4.78 is 39.3. The van der Waals surface area contributed by atoms with Crippen LogP contribution in [0, 0.1) is 17.5 Å². The predicted molar refractivity (Wildman–Crippen MR) is 81.4 cm³/mol. The maximum atomic E-state index is 13.2. The first-order valence-electron chi connectivity index (χ1n) is 7.59. The smallest absolute Gasteiger partial charge is 0.317 e. The molecule has 1 aromatic carbocycles. The third-order valence-corrected chi connectivity index (χ3v) is 4.27. The zero-order valence-corrected chi connectivity index (χ0v) is 13.6. The number of carbonyl (C=O) groups is 1. The van der Waals surface area contributed by atoms with Crippen LogP contribution in [0.2, 0.25) is 0 Å². The summed E-state index contributed by atoms with van der Waals surface area (Å²) in [5.41, 5.74) is 0.205. The Labute approximate surface area is 134 Å².